The van der Waals surface area contributed by atoms with E-state index in [4.69, 9.17) is 20.9 Å². The van der Waals surface area contributed by atoms with E-state index < -0.39 is 6.10 Å². The quantitative estimate of drug-likeness (QED) is 0.915. The first kappa shape index (κ1) is 15.8. The molecule has 2 aromatic rings. The topological polar surface area (TPSA) is 68.4 Å². The maximum absolute atomic E-state index is 9.88. The summed E-state index contributed by atoms with van der Waals surface area (Å²) in [6.07, 6.45) is -0.564. The van der Waals surface area contributed by atoms with E-state index in [0.29, 0.717) is 28.1 Å². The van der Waals surface area contributed by atoms with Crippen molar-refractivity contribution in [3.05, 3.63) is 29.1 Å². The van der Waals surface area contributed by atoms with Gasteiger partial charge in [-0.1, -0.05) is 30.6 Å². The lowest BCUT2D eigenvalue weighted by Gasteiger charge is -2.19. The SMILES string of the molecule is COc1cc(Cl)ccc1-c1noc(C(C(C)C)C(C)O)n1. The van der Waals surface area contributed by atoms with Crippen molar-refractivity contribution in [3.8, 4) is 17.1 Å². The van der Waals surface area contributed by atoms with Gasteiger partial charge in [-0.2, -0.15) is 4.98 Å². The van der Waals surface area contributed by atoms with E-state index in [2.05, 4.69) is 10.1 Å². The van der Waals surface area contributed by atoms with Gasteiger partial charge >= 0.3 is 0 Å². The summed E-state index contributed by atoms with van der Waals surface area (Å²) in [7, 11) is 1.56. The van der Waals surface area contributed by atoms with E-state index in [1.165, 1.54) is 0 Å². The van der Waals surface area contributed by atoms with Crippen LogP contribution in [0.3, 0.4) is 0 Å². The summed E-state index contributed by atoms with van der Waals surface area (Å²) in [5.41, 5.74) is 0.699. The van der Waals surface area contributed by atoms with Crippen molar-refractivity contribution in [3.63, 3.8) is 0 Å². The Morgan fingerprint density at radius 3 is 2.57 bits per heavy atom. The van der Waals surface area contributed by atoms with Gasteiger partial charge in [0.15, 0.2) is 0 Å². The average molecular weight is 311 g/mol. The highest BCUT2D eigenvalue weighted by Crippen LogP contribution is 2.33. The van der Waals surface area contributed by atoms with Crippen molar-refractivity contribution in [1.82, 2.24) is 10.1 Å². The lowest BCUT2D eigenvalue weighted by Crippen LogP contribution is -2.20. The van der Waals surface area contributed by atoms with Crippen molar-refractivity contribution in [2.45, 2.75) is 32.8 Å². The van der Waals surface area contributed by atoms with Crippen LogP contribution in [-0.4, -0.2) is 28.5 Å². The molecule has 0 saturated carbocycles. The summed E-state index contributed by atoms with van der Waals surface area (Å²) in [4.78, 5) is 4.40. The fraction of sp³-hybridized carbons (Fsp3) is 0.467. The molecule has 0 bridgehead atoms. The van der Waals surface area contributed by atoms with Crippen LogP contribution in [0.25, 0.3) is 11.4 Å². The molecule has 1 aromatic carbocycles. The predicted octanol–water partition coefficient (Wildman–Crippen LogP) is 3.52. The number of aromatic nitrogens is 2. The Morgan fingerprint density at radius 1 is 1.29 bits per heavy atom. The van der Waals surface area contributed by atoms with Gasteiger partial charge in [0.05, 0.1) is 24.7 Å². The van der Waals surface area contributed by atoms with Crippen LogP contribution in [0.4, 0.5) is 0 Å². The molecule has 0 fully saturated rings. The second-order valence-corrected chi connectivity index (χ2v) is 5.75. The lowest BCUT2D eigenvalue weighted by molar-refractivity contribution is 0.120. The van der Waals surface area contributed by atoms with E-state index in [9.17, 15) is 5.11 Å². The van der Waals surface area contributed by atoms with E-state index in [0.717, 1.165) is 0 Å². The third-order valence-electron chi connectivity index (χ3n) is 3.37. The zero-order valence-electron chi connectivity index (χ0n) is 12.5. The van der Waals surface area contributed by atoms with Gasteiger partial charge in [-0.05, 0) is 31.0 Å². The number of ether oxygens (including phenoxy) is 1. The molecule has 1 N–H and O–H groups in total. The molecular weight excluding hydrogens is 292 g/mol. The second kappa shape index (κ2) is 6.45. The molecule has 0 aliphatic carbocycles. The van der Waals surface area contributed by atoms with Crippen LogP contribution in [-0.2, 0) is 0 Å². The number of hydrogen-bond acceptors (Lipinski definition) is 5. The molecule has 2 rings (SSSR count). The number of halogens is 1. The third-order valence-corrected chi connectivity index (χ3v) is 3.60. The van der Waals surface area contributed by atoms with Crippen molar-refractivity contribution in [1.29, 1.82) is 0 Å². The molecule has 0 saturated heterocycles. The number of nitrogens with zero attached hydrogens (tertiary/aromatic N) is 2. The molecule has 1 heterocycles. The number of methoxy groups -OCH3 is 1. The Labute approximate surface area is 128 Å². The van der Waals surface area contributed by atoms with Crippen molar-refractivity contribution in [2.75, 3.05) is 7.11 Å². The summed E-state index contributed by atoms with van der Waals surface area (Å²) < 4.78 is 10.6. The predicted molar refractivity (Wildman–Crippen MR) is 80.6 cm³/mol. The first-order valence-electron chi connectivity index (χ1n) is 6.79. The van der Waals surface area contributed by atoms with Gasteiger partial charge in [-0.15, -0.1) is 0 Å². The van der Waals surface area contributed by atoms with Crippen LogP contribution in [0.15, 0.2) is 22.7 Å². The molecule has 5 nitrogen and oxygen atoms in total. The van der Waals surface area contributed by atoms with Gasteiger partial charge in [-0.25, -0.2) is 0 Å². The highest BCUT2D eigenvalue weighted by atomic mass is 35.5. The zero-order valence-corrected chi connectivity index (χ0v) is 13.3. The number of aliphatic hydroxyl groups excluding tert-OH is 1. The van der Waals surface area contributed by atoms with E-state index in [-0.39, 0.29) is 11.8 Å². The van der Waals surface area contributed by atoms with E-state index in [1.807, 2.05) is 13.8 Å². The maximum atomic E-state index is 9.88. The molecule has 0 aliphatic rings. The minimum atomic E-state index is -0.564. The Bertz CT molecular complexity index is 603. The number of aliphatic hydroxyl groups is 1. The molecule has 1 aromatic heterocycles. The number of rotatable bonds is 5. The smallest absolute Gasteiger partial charge is 0.232 e. The van der Waals surface area contributed by atoms with Crippen molar-refractivity contribution >= 4 is 11.6 Å². The van der Waals surface area contributed by atoms with Crippen LogP contribution in [0, 0.1) is 5.92 Å². The molecule has 0 radical (unpaired) electrons. The molecule has 2 atom stereocenters. The van der Waals surface area contributed by atoms with Crippen molar-refractivity contribution < 1.29 is 14.4 Å². The van der Waals surface area contributed by atoms with Crippen LogP contribution in [0.2, 0.25) is 5.02 Å². The minimum absolute atomic E-state index is 0.186. The van der Waals surface area contributed by atoms with Crippen LogP contribution in [0.1, 0.15) is 32.6 Å². The molecule has 0 aliphatic heterocycles. The first-order chi connectivity index (χ1) is 9.93. The number of benzene rings is 1. The standard InChI is InChI=1S/C15H19ClN2O3/c1-8(2)13(9(3)19)15-17-14(18-21-15)11-6-5-10(16)7-12(11)20-4/h5-9,13,19H,1-4H3. The zero-order chi connectivity index (χ0) is 15.6. The van der Waals surface area contributed by atoms with Crippen LogP contribution < -0.4 is 4.74 Å². The Balaban J connectivity index is 2.40. The first-order valence-corrected chi connectivity index (χ1v) is 7.17. The normalized spacial score (nSPS) is 14.2. The fourth-order valence-electron chi connectivity index (χ4n) is 2.38. The lowest BCUT2D eigenvalue weighted by atomic mass is 9.91. The highest BCUT2D eigenvalue weighted by Gasteiger charge is 2.27. The Kier molecular flexibility index (Phi) is 4.85. The Hall–Kier alpha value is -1.59. The molecule has 114 valence electrons. The maximum Gasteiger partial charge on any atom is 0.232 e. The van der Waals surface area contributed by atoms with Gasteiger partial charge in [0.1, 0.15) is 5.75 Å². The van der Waals surface area contributed by atoms with E-state index >= 15 is 0 Å². The van der Waals surface area contributed by atoms with Crippen molar-refractivity contribution in [2.24, 2.45) is 5.92 Å². The van der Waals surface area contributed by atoms with Gasteiger partial charge < -0.3 is 14.4 Å². The van der Waals surface area contributed by atoms with Crippen LogP contribution in [0.5, 0.6) is 5.75 Å². The molecular formula is C15H19ClN2O3. The molecule has 0 amide bonds. The second-order valence-electron chi connectivity index (χ2n) is 5.31. The minimum Gasteiger partial charge on any atom is -0.496 e. The van der Waals surface area contributed by atoms with Gasteiger partial charge in [-0.3, -0.25) is 0 Å². The molecule has 0 spiro atoms. The summed E-state index contributed by atoms with van der Waals surface area (Å²) >= 11 is 5.94. The molecule has 6 heteroatoms. The summed E-state index contributed by atoms with van der Waals surface area (Å²) in [6.45, 7) is 5.73. The van der Waals surface area contributed by atoms with Crippen LogP contribution >= 0.6 is 11.6 Å². The van der Waals surface area contributed by atoms with Gasteiger partial charge in [0.25, 0.3) is 0 Å². The fourth-order valence-corrected chi connectivity index (χ4v) is 2.54. The highest BCUT2D eigenvalue weighted by molar-refractivity contribution is 6.30. The largest absolute Gasteiger partial charge is 0.496 e. The monoisotopic (exact) mass is 310 g/mol. The third kappa shape index (κ3) is 3.36. The molecule has 21 heavy (non-hydrogen) atoms. The number of hydrogen-bond donors (Lipinski definition) is 1. The molecule has 2 unspecified atom stereocenters. The van der Waals surface area contributed by atoms with E-state index in [1.54, 1.807) is 32.2 Å². The van der Waals surface area contributed by atoms with Gasteiger partial charge in [0, 0.05) is 5.02 Å². The Morgan fingerprint density at radius 2 is 2.00 bits per heavy atom. The summed E-state index contributed by atoms with van der Waals surface area (Å²) in [5, 5.41) is 14.4. The summed E-state index contributed by atoms with van der Waals surface area (Å²) in [5.74, 6) is 1.40. The average Bonchev–Trinajstić information content (AvgIpc) is 2.86. The van der Waals surface area contributed by atoms with Gasteiger partial charge in [0.2, 0.25) is 11.7 Å². The summed E-state index contributed by atoms with van der Waals surface area (Å²) in [6, 6.07) is 5.22.